The molecule has 70 valence electrons. The van der Waals surface area contributed by atoms with Gasteiger partial charge in [-0.3, -0.25) is 0 Å². The first-order valence-corrected chi connectivity index (χ1v) is 3.81. The molecule has 0 amide bonds. The Kier molecular flexibility index (Phi) is 2.97. The molecule has 1 aromatic carbocycles. The van der Waals surface area contributed by atoms with Crippen molar-refractivity contribution in [3.8, 4) is 11.5 Å². The summed E-state index contributed by atoms with van der Waals surface area (Å²) < 4.78 is 4.84. The molecule has 0 aliphatic rings. The van der Waals surface area contributed by atoms with E-state index in [0.717, 1.165) is 0 Å². The highest BCUT2D eigenvalue weighted by Gasteiger charge is 2.05. The van der Waals surface area contributed by atoms with Crippen molar-refractivity contribution in [1.82, 2.24) is 0 Å². The largest absolute Gasteiger partial charge is 0.504 e. The highest BCUT2D eigenvalue weighted by Crippen LogP contribution is 2.26. The SMILES string of the molecule is COc1cc(/C(Cl)=N\O)ccc1O. The summed E-state index contributed by atoms with van der Waals surface area (Å²) in [6.07, 6.45) is 0. The first kappa shape index (κ1) is 9.67. The van der Waals surface area contributed by atoms with Gasteiger partial charge in [0.25, 0.3) is 0 Å². The Hall–Kier alpha value is -1.42. The zero-order valence-electron chi connectivity index (χ0n) is 6.86. The molecule has 5 heteroatoms. The molecule has 0 saturated heterocycles. The Morgan fingerprint density at radius 2 is 2.23 bits per heavy atom. The quantitative estimate of drug-likeness (QED) is 0.436. The highest BCUT2D eigenvalue weighted by atomic mass is 35.5. The van der Waals surface area contributed by atoms with Crippen LogP contribution in [-0.4, -0.2) is 22.6 Å². The van der Waals surface area contributed by atoms with Crippen LogP contribution >= 0.6 is 11.6 Å². The first-order valence-electron chi connectivity index (χ1n) is 3.44. The molecule has 0 atom stereocenters. The van der Waals surface area contributed by atoms with Crippen molar-refractivity contribution in [2.45, 2.75) is 0 Å². The van der Waals surface area contributed by atoms with E-state index < -0.39 is 0 Å². The maximum absolute atomic E-state index is 9.22. The smallest absolute Gasteiger partial charge is 0.175 e. The third-order valence-electron chi connectivity index (χ3n) is 1.51. The average Bonchev–Trinajstić information content (AvgIpc) is 2.17. The molecule has 0 unspecified atom stereocenters. The molecule has 0 radical (unpaired) electrons. The predicted molar refractivity (Wildman–Crippen MR) is 48.8 cm³/mol. The molecule has 0 fully saturated rings. The van der Waals surface area contributed by atoms with Gasteiger partial charge in [-0.1, -0.05) is 16.8 Å². The van der Waals surface area contributed by atoms with Crippen LogP contribution in [0.4, 0.5) is 0 Å². The number of phenolic OH excluding ortho intramolecular Hbond substituents is 1. The fourth-order valence-corrected chi connectivity index (χ4v) is 0.981. The van der Waals surface area contributed by atoms with E-state index in [1.54, 1.807) is 0 Å². The van der Waals surface area contributed by atoms with Gasteiger partial charge in [0.1, 0.15) is 0 Å². The van der Waals surface area contributed by atoms with Gasteiger partial charge in [0.2, 0.25) is 0 Å². The number of hydrogen-bond donors (Lipinski definition) is 2. The number of phenols is 1. The van der Waals surface area contributed by atoms with Gasteiger partial charge in [0.05, 0.1) is 7.11 Å². The van der Waals surface area contributed by atoms with E-state index in [-0.39, 0.29) is 16.7 Å². The number of oxime groups is 1. The maximum atomic E-state index is 9.22. The Morgan fingerprint density at radius 1 is 1.54 bits per heavy atom. The van der Waals surface area contributed by atoms with E-state index in [4.69, 9.17) is 21.5 Å². The van der Waals surface area contributed by atoms with Crippen molar-refractivity contribution in [1.29, 1.82) is 0 Å². The van der Waals surface area contributed by atoms with Crippen molar-refractivity contribution in [2.24, 2.45) is 5.16 Å². The minimum Gasteiger partial charge on any atom is -0.504 e. The lowest BCUT2D eigenvalue weighted by atomic mass is 10.2. The van der Waals surface area contributed by atoms with Crippen LogP contribution in [0.2, 0.25) is 0 Å². The molecule has 2 N–H and O–H groups in total. The second-order valence-electron chi connectivity index (χ2n) is 2.28. The summed E-state index contributed by atoms with van der Waals surface area (Å²) in [4.78, 5) is 0. The number of aromatic hydroxyl groups is 1. The van der Waals surface area contributed by atoms with Crippen LogP contribution in [0.5, 0.6) is 11.5 Å². The number of halogens is 1. The second-order valence-corrected chi connectivity index (χ2v) is 2.64. The average molecular weight is 202 g/mol. The normalized spacial score (nSPS) is 11.4. The lowest BCUT2D eigenvalue weighted by Crippen LogP contribution is -1.92. The van der Waals surface area contributed by atoms with Gasteiger partial charge >= 0.3 is 0 Å². The van der Waals surface area contributed by atoms with E-state index >= 15 is 0 Å². The van der Waals surface area contributed by atoms with Crippen LogP contribution in [-0.2, 0) is 0 Å². The topological polar surface area (TPSA) is 62.0 Å². The predicted octanol–water partition coefficient (Wildman–Crippen LogP) is 1.78. The van der Waals surface area contributed by atoms with Crippen LogP contribution in [0.15, 0.2) is 23.4 Å². The molecule has 1 aromatic rings. The summed E-state index contributed by atoms with van der Waals surface area (Å²) in [6.45, 7) is 0. The van der Waals surface area contributed by atoms with Crippen LogP contribution in [0.25, 0.3) is 0 Å². The molecule has 0 heterocycles. The molecule has 13 heavy (non-hydrogen) atoms. The van der Waals surface area contributed by atoms with E-state index in [1.165, 1.54) is 25.3 Å². The van der Waals surface area contributed by atoms with E-state index in [1.807, 2.05) is 0 Å². The summed E-state index contributed by atoms with van der Waals surface area (Å²) in [5.41, 5.74) is 0.471. The van der Waals surface area contributed by atoms with Crippen molar-refractivity contribution >= 4 is 16.8 Å². The number of benzene rings is 1. The first-order chi connectivity index (χ1) is 6.19. The Bertz CT molecular complexity index is 338. The summed E-state index contributed by atoms with van der Waals surface area (Å²) in [5, 5.41) is 20.3. The number of methoxy groups -OCH3 is 1. The fourth-order valence-electron chi connectivity index (χ4n) is 0.864. The molecule has 0 aliphatic carbocycles. The monoisotopic (exact) mass is 201 g/mol. The van der Waals surface area contributed by atoms with Crippen molar-refractivity contribution in [2.75, 3.05) is 7.11 Å². The molecular weight excluding hydrogens is 194 g/mol. The van der Waals surface area contributed by atoms with Crippen molar-refractivity contribution in [3.05, 3.63) is 23.8 Å². The summed E-state index contributed by atoms with van der Waals surface area (Å²) >= 11 is 5.53. The van der Waals surface area contributed by atoms with E-state index in [2.05, 4.69) is 5.16 Å². The van der Waals surface area contributed by atoms with E-state index in [9.17, 15) is 5.11 Å². The number of rotatable bonds is 2. The van der Waals surface area contributed by atoms with Gasteiger partial charge < -0.3 is 15.1 Å². The van der Waals surface area contributed by atoms with Gasteiger partial charge in [-0.05, 0) is 18.2 Å². The Labute approximate surface area is 80.0 Å². The highest BCUT2D eigenvalue weighted by molar-refractivity contribution is 6.69. The summed E-state index contributed by atoms with van der Waals surface area (Å²) in [6, 6.07) is 4.39. The van der Waals surface area contributed by atoms with Gasteiger partial charge in [0, 0.05) is 5.56 Å². The molecule has 0 spiro atoms. The van der Waals surface area contributed by atoms with Gasteiger partial charge in [-0.15, -0.1) is 0 Å². The zero-order valence-corrected chi connectivity index (χ0v) is 7.62. The Morgan fingerprint density at radius 3 is 2.77 bits per heavy atom. The molecule has 0 aliphatic heterocycles. The standard InChI is InChI=1S/C8H8ClNO3/c1-13-7-4-5(8(9)10-12)2-3-6(7)11/h2-4,11-12H,1H3/b10-8+. The van der Waals surface area contributed by atoms with Crippen LogP contribution in [0.3, 0.4) is 0 Å². The molecule has 0 aromatic heterocycles. The maximum Gasteiger partial charge on any atom is 0.175 e. The third kappa shape index (κ3) is 2.03. The lowest BCUT2D eigenvalue weighted by molar-refractivity contribution is 0.320. The Balaban J connectivity index is 3.13. The molecular formula is C8H8ClNO3. The molecule has 0 saturated carbocycles. The molecule has 1 rings (SSSR count). The minimum absolute atomic E-state index is 0.00802. The summed E-state index contributed by atoms with van der Waals surface area (Å²) in [7, 11) is 1.42. The van der Waals surface area contributed by atoms with Crippen LogP contribution < -0.4 is 4.74 Å². The van der Waals surface area contributed by atoms with Crippen molar-refractivity contribution in [3.63, 3.8) is 0 Å². The van der Waals surface area contributed by atoms with Gasteiger partial charge in [0.15, 0.2) is 16.7 Å². The van der Waals surface area contributed by atoms with Crippen LogP contribution in [0, 0.1) is 0 Å². The molecule has 0 bridgehead atoms. The summed E-state index contributed by atoms with van der Waals surface area (Å²) in [5.74, 6) is 0.285. The zero-order chi connectivity index (χ0) is 9.84. The van der Waals surface area contributed by atoms with Crippen molar-refractivity contribution < 1.29 is 15.1 Å². The minimum atomic E-state index is -0.0571. The van der Waals surface area contributed by atoms with Crippen LogP contribution in [0.1, 0.15) is 5.56 Å². The third-order valence-corrected chi connectivity index (χ3v) is 1.80. The molecule has 4 nitrogen and oxygen atoms in total. The van der Waals surface area contributed by atoms with Gasteiger partial charge in [-0.2, -0.15) is 0 Å². The fraction of sp³-hybridized carbons (Fsp3) is 0.125. The van der Waals surface area contributed by atoms with Gasteiger partial charge in [-0.25, -0.2) is 0 Å². The number of nitrogens with zero attached hydrogens (tertiary/aromatic N) is 1. The van der Waals surface area contributed by atoms with E-state index in [0.29, 0.717) is 5.56 Å². The second kappa shape index (κ2) is 4.00. The number of hydrogen-bond acceptors (Lipinski definition) is 4. The lowest BCUT2D eigenvalue weighted by Gasteiger charge is -2.04. The number of ether oxygens (including phenoxy) is 1.